The fourth-order valence-corrected chi connectivity index (χ4v) is 3.62. The summed E-state index contributed by atoms with van der Waals surface area (Å²) in [5, 5.41) is 9.20. The van der Waals surface area contributed by atoms with Crippen LogP contribution in [0.5, 0.6) is 0 Å². The highest BCUT2D eigenvalue weighted by Gasteiger charge is 2.32. The van der Waals surface area contributed by atoms with Crippen LogP contribution in [0.1, 0.15) is 25.7 Å². The minimum atomic E-state index is -0.292. The zero-order valence-electron chi connectivity index (χ0n) is 9.32. The van der Waals surface area contributed by atoms with Crippen molar-refractivity contribution in [3.05, 3.63) is 0 Å². The molecule has 0 aliphatic carbocycles. The summed E-state index contributed by atoms with van der Waals surface area (Å²) < 4.78 is 0. The predicted octanol–water partition coefficient (Wildman–Crippen LogP) is 0.668. The van der Waals surface area contributed by atoms with Crippen molar-refractivity contribution in [2.75, 3.05) is 31.2 Å². The standard InChI is InChI=1S/C11H22N2OS/c12-11(9-14)3-5-13(6-4-11)10-1-7-15-8-2-10/h10,14H,1-9,12H2. The van der Waals surface area contributed by atoms with Gasteiger partial charge in [0, 0.05) is 24.7 Å². The Balaban J connectivity index is 1.82. The van der Waals surface area contributed by atoms with Crippen molar-refractivity contribution in [2.24, 2.45) is 5.73 Å². The normalized spacial score (nSPS) is 29.2. The van der Waals surface area contributed by atoms with E-state index in [2.05, 4.69) is 16.7 Å². The summed E-state index contributed by atoms with van der Waals surface area (Å²) in [6.45, 7) is 2.29. The van der Waals surface area contributed by atoms with E-state index >= 15 is 0 Å². The minimum Gasteiger partial charge on any atom is -0.394 e. The lowest BCUT2D eigenvalue weighted by Crippen LogP contribution is -2.55. The van der Waals surface area contributed by atoms with Crippen LogP contribution in [0.15, 0.2) is 0 Å². The average molecular weight is 230 g/mol. The molecule has 0 aromatic carbocycles. The lowest BCUT2D eigenvalue weighted by molar-refractivity contribution is 0.0773. The number of thioether (sulfide) groups is 1. The zero-order chi connectivity index (χ0) is 10.7. The maximum Gasteiger partial charge on any atom is 0.0612 e. The van der Waals surface area contributed by atoms with Crippen LogP contribution in [0.4, 0.5) is 0 Å². The molecule has 2 saturated heterocycles. The van der Waals surface area contributed by atoms with Crippen molar-refractivity contribution in [1.82, 2.24) is 4.90 Å². The molecule has 0 spiro atoms. The molecular formula is C11H22N2OS. The number of rotatable bonds is 2. The number of likely N-dealkylation sites (tertiary alicyclic amines) is 1. The number of hydrogen-bond acceptors (Lipinski definition) is 4. The van der Waals surface area contributed by atoms with Gasteiger partial charge in [-0.2, -0.15) is 11.8 Å². The third-order valence-electron chi connectivity index (χ3n) is 3.82. The molecule has 3 nitrogen and oxygen atoms in total. The fourth-order valence-electron chi connectivity index (χ4n) is 2.54. The Hall–Kier alpha value is 0.230. The second-order valence-electron chi connectivity index (χ2n) is 4.90. The highest BCUT2D eigenvalue weighted by atomic mass is 32.2. The lowest BCUT2D eigenvalue weighted by Gasteiger charge is -2.42. The van der Waals surface area contributed by atoms with E-state index in [0.717, 1.165) is 32.0 Å². The maximum absolute atomic E-state index is 9.20. The van der Waals surface area contributed by atoms with E-state index in [9.17, 15) is 5.11 Å². The van der Waals surface area contributed by atoms with Crippen LogP contribution in [-0.2, 0) is 0 Å². The largest absolute Gasteiger partial charge is 0.394 e. The molecular weight excluding hydrogens is 208 g/mol. The van der Waals surface area contributed by atoms with Gasteiger partial charge in [0.25, 0.3) is 0 Å². The molecule has 0 aromatic rings. The van der Waals surface area contributed by atoms with Crippen molar-refractivity contribution in [3.63, 3.8) is 0 Å². The minimum absolute atomic E-state index is 0.140. The smallest absolute Gasteiger partial charge is 0.0612 e. The first-order valence-electron chi connectivity index (χ1n) is 5.95. The molecule has 2 rings (SSSR count). The van der Waals surface area contributed by atoms with Gasteiger partial charge >= 0.3 is 0 Å². The number of nitrogens with two attached hydrogens (primary N) is 1. The van der Waals surface area contributed by atoms with E-state index in [1.807, 2.05) is 0 Å². The third kappa shape index (κ3) is 2.87. The van der Waals surface area contributed by atoms with Gasteiger partial charge in [-0.25, -0.2) is 0 Å². The molecule has 2 aliphatic heterocycles. The Morgan fingerprint density at radius 1 is 1.27 bits per heavy atom. The molecule has 0 amide bonds. The number of piperidine rings is 1. The first kappa shape index (κ1) is 11.7. The molecule has 2 fully saturated rings. The van der Waals surface area contributed by atoms with Gasteiger partial charge < -0.3 is 15.7 Å². The molecule has 0 saturated carbocycles. The predicted molar refractivity (Wildman–Crippen MR) is 65.2 cm³/mol. The quantitative estimate of drug-likeness (QED) is 0.732. The topological polar surface area (TPSA) is 49.5 Å². The van der Waals surface area contributed by atoms with Gasteiger partial charge in [-0.05, 0) is 37.2 Å². The third-order valence-corrected chi connectivity index (χ3v) is 4.86. The summed E-state index contributed by atoms with van der Waals surface area (Å²) in [7, 11) is 0. The number of nitrogens with zero attached hydrogens (tertiary/aromatic N) is 1. The van der Waals surface area contributed by atoms with Crippen LogP contribution in [0, 0.1) is 0 Å². The van der Waals surface area contributed by atoms with Gasteiger partial charge in [-0.1, -0.05) is 0 Å². The van der Waals surface area contributed by atoms with E-state index in [4.69, 9.17) is 5.73 Å². The van der Waals surface area contributed by atoms with Crippen molar-refractivity contribution < 1.29 is 5.11 Å². The van der Waals surface area contributed by atoms with E-state index in [-0.39, 0.29) is 12.1 Å². The summed E-state index contributed by atoms with van der Waals surface area (Å²) in [5.74, 6) is 2.63. The molecule has 0 unspecified atom stereocenters. The highest BCUT2D eigenvalue weighted by Crippen LogP contribution is 2.26. The Bertz CT molecular complexity index is 199. The van der Waals surface area contributed by atoms with Gasteiger partial charge in [-0.15, -0.1) is 0 Å². The molecule has 15 heavy (non-hydrogen) atoms. The van der Waals surface area contributed by atoms with Crippen molar-refractivity contribution in [3.8, 4) is 0 Å². The van der Waals surface area contributed by atoms with Crippen molar-refractivity contribution in [1.29, 1.82) is 0 Å². The monoisotopic (exact) mass is 230 g/mol. The van der Waals surface area contributed by atoms with Gasteiger partial charge in [0.15, 0.2) is 0 Å². The summed E-state index contributed by atoms with van der Waals surface area (Å²) in [5.41, 5.74) is 5.78. The molecule has 88 valence electrons. The summed E-state index contributed by atoms with van der Waals surface area (Å²) in [4.78, 5) is 2.58. The second-order valence-corrected chi connectivity index (χ2v) is 6.12. The van der Waals surface area contributed by atoms with Crippen molar-refractivity contribution >= 4 is 11.8 Å². The van der Waals surface area contributed by atoms with Crippen LogP contribution in [0.3, 0.4) is 0 Å². The lowest BCUT2D eigenvalue weighted by atomic mass is 9.88. The highest BCUT2D eigenvalue weighted by molar-refractivity contribution is 7.99. The van der Waals surface area contributed by atoms with Crippen molar-refractivity contribution in [2.45, 2.75) is 37.3 Å². The van der Waals surface area contributed by atoms with E-state index in [1.54, 1.807) is 0 Å². The van der Waals surface area contributed by atoms with Crippen LogP contribution in [0.2, 0.25) is 0 Å². The van der Waals surface area contributed by atoms with Gasteiger partial charge in [-0.3, -0.25) is 0 Å². The Kier molecular flexibility index (Phi) is 3.93. The van der Waals surface area contributed by atoms with E-state index in [0.29, 0.717) is 0 Å². The van der Waals surface area contributed by atoms with Crippen LogP contribution in [-0.4, -0.2) is 52.8 Å². The number of aliphatic hydroxyl groups excluding tert-OH is 1. The first-order valence-corrected chi connectivity index (χ1v) is 7.10. The summed E-state index contributed by atoms with van der Waals surface area (Å²) in [6, 6.07) is 0.787. The summed E-state index contributed by atoms with van der Waals surface area (Å²) in [6.07, 6.45) is 4.57. The van der Waals surface area contributed by atoms with Gasteiger partial charge in [0.2, 0.25) is 0 Å². The molecule has 0 atom stereocenters. The number of aliphatic hydroxyl groups is 1. The van der Waals surface area contributed by atoms with Gasteiger partial charge in [0.05, 0.1) is 6.61 Å². The van der Waals surface area contributed by atoms with E-state index < -0.39 is 0 Å². The fraction of sp³-hybridized carbons (Fsp3) is 1.00. The molecule has 2 aliphatic rings. The Labute approximate surface area is 96.4 Å². The SMILES string of the molecule is NC1(CO)CCN(C2CCSCC2)CC1. The molecule has 4 heteroatoms. The van der Waals surface area contributed by atoms with Gasteiger partial charge in [0.1, 0.15) is 0 Å². The van der Waals surface area contributed by atoms with Crippen LogP contribution in [0.25, 0.3) is 0 Å². The first-order chi connectivity index (χ1) is 7.23. The molecule has 0 aromatic heterocycles. The van der Waals surface area contributed by atoms with Crippen LogP contribution < -0.4 is 5.73 Å². The molecule has 2 heterocycles. The van der Waals surface area contributed by atoms with E-state index in [1.165, 1.54) is 24.3 Å². The summed E-state index contributed by atoms with van der Waals surface area (Å²) >= 11 is 2.08. The van der Waals surface area contributed by atoms with Crippen LogP contribution >= 0.6 is 11.8 Å². The Morgan fingerprint density at radius 2 is 1.87 bits per heavy atom. The second kappa shape index (κ2) is 5.04. The zero-order valence-corrected chi connectivity index (χ0v) is 10.1. The average Bonchev–Trinajstić information content (AvgIpc) is 2.31. The molecule has 3 N–H and O–H groups in total. The Morgan fingerprint density at radius 3 is 2.40 bits per heavy atom. The molecule has 0 bridgehead atoms. The maximum atomic E-state index is 9.20. The molecule has 0 radical (unpaired) electrons. The number of hydrogen-bond donors (Lipinski definition) is 2.